The highest BCUT2D eigenvalue weighted by atomic mass is 32.2. The van der Waals surface area contributed by atoms with E-state index < -0.39 is 36.7 Å². The number of thiazole rings is 1. The average molecular weight is 710 g/mol. The number of rotatable bonds is 9. The second kappa shape index (κ2) is 12.8. The van der Waals surface area contributed by atoms with E-state index in [1.54, 1.807) is 16.0 Å². The zero-order chi connectivity index (χ0) is 33.5. The minimum atomic E-state index is -4.25. The van der Waals surface area contributed by atoms with Crippen molar-refractivity contribution in [3.8, 4) is 28.2 Å². The van der Waals surface area contributed by atoms with Gasteiger partial charge in [-0.1, -0.05) is 30.0 Å². The van der Waals surface area contributed by atoms with Crippen LogP contribution in [0.2, 0.25) is 0 Å². The number of benzene rings is 2. The van der Waals surface area contributed by atoms with Crippen LogP contribution in [-0.4, -0.2) is 43.8 Å². The molecule has 0 aliphatic heterocycles. The Morgan fingerprint density at radius 1 is 1.11 bits per heavy atom. The van der Waals surface area contributed by atoms with Crippen LogP contribution in [0.3, 0.4) is 0 Å². The molecule has 5 aromatic rings. The first kappa shape index (κ1) is 32.7. The predicted molar refractivity (Wildman–Crippen MR) is 179 cm³/mol. The normalized spacial score (nSPS) is 13.3. The molecule has 1 aliphatic carbocycles. The third-order valence-corrected chi connectivity index (χ3v) is 10.6. The van der Waals surface area contributed by atoms with Gasteiger partial charge in [0.2, 0.25) is 25.2 Å². The van der Waals surface area contributed by atoms with Crippen molar-refractivity contribution in [2.75, 3.05) is 6.26 Å². The van der Waals surface area contributed by atoms with Crippen molar-refractivity contribution >= 4 is 48.6 Å². The minimum Gasteiger partial charge on any atom is -0.266 e. The Kier molecular flexibility index (Phi) is 8.90. The van der Waals surface area contributed by atoms with E-state index in [9.17, 15) is 26.0 Å². The number of thiophene rings is 1. The van der Waals surface area contributed by atoms with Crippen LogP contribution >= 0.6 is 22.7 Å². The molecule has 47 heavy (non-hydrogen) atoms. The molecule has 242 valence electrons. The van der Waals surface area contributed by atoms with Crippen LogP contribution < -0.4 is 9.86 Å². The highest BCUT2D eigenvalue weighted by molar-refractivity contribution is 7.89. The summed E-state index contributed by atoms with van der Waals surface area (Å²) in [6, 6.07) is 15.4. The topological polar surface area (TPSA) is 154 Å². The van der Waals surface area contributed by atoms with Gasteiger partial charge >= 0.3 is 0 Å². The quantitative estimate of drug-likeness (QED) is 0.209. The summed E-state index contributed by atoms with van der Waals surface area (Å²) in [5, 5.41) is 12.0. The van der Waals surface area contributed by atoms with Crippen molar-refractivity contribution in [3.05, 3.63) is 104 Å². The van der Waals surface area contributed by atoms with Gasteiger partial charge in [0.1, 0.15) is 16.4 Å². The molecule has 1 fully saturated rings. The number of nitrogens with one attached hydrogen (secondary N) is 1. The molecular formula is C32H28FN5O5S4. The summed E-state index contributed by atoms with van der Waals surface area (Å²) in [5.41, 5.74) is 4.10. The van der Waals surface area contributed by atoms with Gasteiger partial charge in [-0.15, -0.1) is 22.7 Å². The molecule has 1 saturated carbocycles. The van der Waals surface area contributed by atoms with Crippen LogP contribution in [0.4, 0.5) is 4.39 Å². The molecule has 10 nitrogen and oxygen atoms in total. The largest absolute Gasteiger partial charge is 0.284 e. The molecule has 1 amide bonds. The van der Waals surface area contributed by atoms with Gasteiger partial charge < -0.3 is 0 Å². The molecule has 0 bridgehead atoms. The SMILES string of the molecule is Cc1ccc(C#Cc2cccc(-c3nn(-c4nc(C(=O)NS(C)(=O)=O)cs4)c(CC4CC4)c3Cc3ccc(S(N)(=O)=O)c(F)c3)c2)s1. The first-order valence-corrected chi connectivity index (χ1v) is 19.5. The number of hydrogen-bond donors (Lipinski definition) is 2. The van der Waals surface area contributed by atoms with Crippen molar-refractivity contribution in [1.82, 2.24) is 19.5 Å². The molecule has 3 aromatic heterocycles. The van der Waals surface area contributed by atoms with Gasteiger partial charge in [-0.25, -0.2) is 40.8 Å². The predicted octanol–water partition coefficient (Wildman–Crippen LogP) is 4.78. The fourth-order valence-electron chi connectivity index (χ4n) is 5.02. The zero-order valence-corrected chi connectivity index (χ0v) is 28.4. The average Bonchev–Trinajstić information content (AvgIpc) is 3.33. The van der Waals surface area contributed by atoms with Crippen LogP contribution in [-0.2, 0) is 32.9 Å². The van der Waals surface area contributed by atoms with Gasteiger partial charge in [-0.05, 0) is 74.1 Å². The third-order valence-electron chi connectivity index (χ3n) is 7.34. The first-order valence-electron chi connectivity index (χ1n) is 14.3. The summed E-state index contributed by atoms with van der Waals surface area (Å²) in [6.45, 7) is 2.02. The summed E-state index contributed by atoms with van der Waals surface area (Å²) in [7, 11) is -8.05. The second-order valence-electron chi connectivity index (χ2n) is 11.3. The van der Waals surface area contributed by atoms with E-state index in [-0.39, 0.29) is 12.1 Å². The lowest BCUT2D eigenvalue weighted by molar-refractivity contribution is 0.0977. The molecule has 15 heteroatoms. The van der Waals surface area contributed by atoms with Crippen molar-refractivity contribution in [3.63, 3.8) is 0 Å². The lowest BCUT2D eigenvalue weighted by atomic mass is 9.96. The summed E-state index contributed by atoms with van der Waals surface area (Å²) < 4.78 is 65.6. The molecule has 0 unspecified atom stereocenters. The van der Waals surface area contributed by atoms with Gasteiger partial charge in [-0.2, -0.15) is 5.10 Å². The summed E-state index contributed by atoms with van der Waals surface area (Å²) in [4.78, 5) is 18.5. The van der Waals surface area contributed by atoms with E-state index in [2.05, 4.69) is 16.8 Å². The maximum Gasteiger partial charge on any atom is 0.284 e. The number of sulfonamides is 2. The number of nitrogens with zero attached hydrogens (tertiary/aromatic N) is 3. The number of primary sulfonamides is 1. The minimum absolute atomic E-state index is 0.0758. The van der Waals surface area contributed by atoms with Crippen molar-refractivity contribution < 1.29 is 26.0 Å². The Labute approximate surface area is 279 Å². The van der Waals surface area contributed by atoms with E-state index >= 15 is 0 Å². The van der Waals surface area contributed by atoms with Crippen LogP contribution in [0.5, 0.6) is 0 Å². The molecule has 2 aromatic carbocycles. The van der Waals surface area contributed by atoms with E-state index in [1.165, 1.54) is 11.4 Å². The summed E-state index contributed by atoms with van der Waals surface area (Å²) in [5.74, 6) is 4.99. The van der Waals surface area contributed by atoms with Crippen molar-refractivity contribution in [2.24, 2.45) is 11.1 Å². The van der Waals surface area contributed by atoms with Gasteiger partial charge in [0.25, 0.3) is 5.91 Å². The van der Waals surface area contributed by atoms with Crippen LogP contribution in [0, 0.1) is 30.5 Å². The number of carbonyl (C=O) groups is 1. The smallest absolute Gasteiger partial charge is 0.266 e. The Balaban J connectivity index is 1.48. The summed E-state index contributed by atoms with van der Waals surface area (Å²) in [6.07, 6.45) is 3.75. The van der Waals surface area contributed by atoms with Gasteiger partial charge in [0.05, 0.1) is 22.5 Å². The van der Waals surface area contributed by atoms with Gasteiger partial charge in [0, 0.05) is 33.4 Å². The number of halogens is 1. The Bertz CT molecular complexity index is 2310. The lowest BCUT2D eigenvalue weighted by Crippen LogP contribution is -2.29. The molecule has 0 atom stereocenters. The highest BCUT2D eigenvalue weighted by Crippen LogP contribution is 2.38. The molecule has 0 saturated heterocycles. The Hall–Kier alpha value is -4.20. The second-order valence-corrected chi connectivity index (χ2v) is 16.7. The number of nitrogens with two attached hydrogens (primary N) is 1. The van der Waals surface area contributed by atoms with Crippen molar-refractivity contribution in [2.45, 2.75) is 37.5 Å². The van der Waals surface area contributed by atoms with E-state index in [1.807, 2.05) is 48.0 Å². The van der Waals surface area contributed by atoms with Crippen LogP contribution in [0.15, 0.2) is 64.9 Å². The number of carbonyl (C=O) groups excluding carboxylic acids is 1. The molecule has 3 N–H and O–H groups in total. The van der Waals surface area contributed by atoms with Gasteiger partial charge in [0.15, 0.2) is 0 Å². The summed E-state index contributed by atoms with van der Waals surface area (Å²) >= 11 is 2.74. The van der Waals surface area contributed by atoms with Crippen LogP contribution in [0.25, 0.3) is 16.4 Å². The Morgan fingerprint density at radius 3 is 2.55 bits per heavy atom. The maximum atomic E-state index is 15.0. The monoisotopic (exact) mass is 709 g/mol. The molecule has 0 spiro atoms. The van der Waals surface area contributed by atoms with E-state index in [4.69, 9.17) is 10.2 Å². The molecule has 0 radical (unpaired) electrons. The number of aromatic nitrogens is 3. The number of hydrogen-bond acceptors (Lipinski definition) is 9. The number of aryl methyl sites for hydroxylation is 1. The maximum absolute atomic E-state index is 15.0. The van der Waals surface area contributed by atoms with Crippen LogP contribution in [0.1, 0.15) is 55.5 Å². The molecule has 6 rings (SSSR count). The highest BCUT2D eigenvalue weighted by Gasteiger charge is 2.30. The number of amides is 1. The molecule has 1 aliphatic rings. The molecule has 3 heterocycles. The first-order chi connectivity index (χ1) is 22.2. The zero-order valence-electron chi connectivity index (χ0n) is 25.2. The Morgan fingerprint density at radius 2 is 1.89 bits per heavy atom. The fourth-order valence-corrected chi connectivity index (χ4v) is 7.55. The lowest BCUT2D eigenvalue weighted by Gasteiger charge is -2.10. The third kappa shape index (κ3) is 7.86. The van der Waals surface area contributed by atoms with E-state index in [0.29, 0.717) is 28.7 Å². The standard InChI is InChI=1S/C32H28FN5O5S4/c1-19-6-11-24(45-19)12-9-20-4-3-5-23(14-20)30-25(15-22-10-13-29(26(33)16-22)47(34,42)43)28(17-21-7-8-21)38(36-30)32-35-27(18-44-32)31(39)37-46(2,40)41/h3-6,10-11,13-14,16,18,21H,7-8,15,17H2,1-2H3,(H,37,39)(H2,34,42,43). The van der Waals surface area contributed by atoms with E-state index in [0.717, 1.165) is 74.7 Å². The molecular weight excluding hydrogens is 682 g/mol. The fraction of sp³-hybridized carbons (Fsp3) is 0.219. The van der Waals surface area contributed by atoms with Crippen molar-refractivity contribution in [1.29, 1.82) is 0 Å². The van der Waals surface area contributed by atoms with Gasteiger partial charge in [-0.3, -0.25) is 4.79 Å².